The van der Waals surface area contributed by atoms with Gasteiger partial charge >= 0.3 is 5.97 Å². The molecular weight excluding hydrogens is 262 g/mol. The number of hydrogen-bond donors (Lipinski definition) is 1. The van der Waals surface area contributed by atoms with Crippen molar-refractivity contribution in [2.75, 3.05) is 29.5 Å². The van der Waals surface area contributed by atoms with E-state index in [0.717, 1.165) is 5.69 Å². The van der Waals surface area contributed by atoms with Gasteiger partial charge in [-0.05, 0) is 18.2 Å². The van der Waals surface area contributed by atoms with E-state index in [2.05, 4.69) is 0 Å². The topological polar surface area (TPSA) is 57.6 Å². The second kappa shape index (κ2) is 5.06. The zero-order valence-electron chi connectivity index (χ0n) is 9.06. The third kappa shape index (κ3) is 2.79. The van der Waals surface area contributed by atoms with Gasteiger partial charge < -0.3 is 10.0 Å². The normalized spacial score (nSPS) is 17.1. The van der Waals surface area contributed by atoms with Gasteiger partial charge in [0.05, 0.1) is 16.3 Å². The van der Waals surface area contributed by atoms with Crippen molar-refractivity contribution >= 4 is 34.1 Å². The third-order valence-corrected chi connectivity index (χ3v) is 4.29. The first-order valence-corrected chi connectivity index (χ1v) is 7.07. The van der Waals surface area contributed by atoms with Crippen molar-refractivity contribution in [2.45, 2.75) is 0 Å². The highest BCUT2D eigenvalue weighted by Gasteiger charge is 2.18. The van der Waals surface area contributed by atoms with Crippen molar-refractivity contribution in [1.82, 2.24) is 0 Å². The van der Waals surface area contributed by atoms with E-state index in [4.69, 9.17) is 16.7 Å². The SMILES string of the molecule is O=C(O)c1ccc(N2CCS(=O)CC2)c(Cl)c1. The molecule has 4 nitrogen and oxygen atoms in total. The van der Waals surface area contributed by atoms with Crippen LogP contribution in [0, 0.1) is 0 Å². The van der Waals surface area contributed by atoms with Crippen molar-refractivity contribution in [1.29, 1.82) is 0 Å². The molecule has 1 fully saturated rings. The minimum atomic E-state index is -0.988. The van der Waals surface area contributed by atoms with Gasteiger partial charge in [-0.25, -0.2) is 4.79 Å². The van der Waals surface area contributed by atoms with Gasteiger partial charge in [-0.1, -0.05) is 11.6 Å². The summed E-state index contributed by atoms with van der Waals surface area (Å²) in [5, 5.41) is 9.26. The van der Waals surface area contributed by atoms with Gasteiger partial charge in [0.25, 0.3) is 0 Å². The van der Waals surface area contributed by atoms with Crippen LogP contribution in [0.5, 0.6) is 0 Å². The van der Waals surface area contributed by atoms with Gasteiger partial charge in [0.15, 0.2) is 0 Å². The van der Waals surface area contributed by atoms with Crippen LogP contribution in [0.25, 0.3) is 0 Å². The summed E-state index contributed by atoms with van der Waals surface area (Å²) in [6, 6.07) is 4.69. The molecular formula is C11H12ClNO3S. The summed E-state index contributed by atoms with van der Waals surface area (Å²) >= 11 is 6.06. The molecule has 0 spiro atoms. The van der Waals surface area contributed by atoms with Crippen molar-refractivity contribution in [3.05, 3.63) is 28.8 Å². The molecule has 0 amide bonds. The average Bonchev–Trinajstić information content (AvgIpc) is 2.30. The highest BCUT2D eigenvalue weighted by molar-refractivity contribution is 7.85. The van der Waals surface area contributed by atoms with Gasteiger partial charge in [-0.3, -0.25) is 4.21 Å². The molecule has 0 atom stereocenters. The Hall–Kier alpha value is -1.07. The first-order chi connectivity index (χ1) is 8.08. The van der Waals surface area contributed by atoms with E-state index in [9.17, 15) is 9.00 Å². The van der Waals surface area contributed by atoms with Gasteiger partial charge in [-0.15, -0.1) is 0 Å². The number of carboxylic acids is 1. The molecule has 0 aliphatic carbocycles. The zero-order valence-corrected chi connectivity index (χ0v) is 10.6. The number of hydrogen-bond acceptors (Lipinski definition) is 3. The van der Waals surface area contributed by atoms with Gasteiger partial charge in [0.1, 0.15) is 0 Å². The Morgan fingerprint density at radius 3 is 2.53 bits per heavy atom. The molecule has 0 unspecified atom stereocenters. The smallest absolute Gasteiger partial charge is 0.335 e. The number of aromatic carboxylic acids is 1. The molecule has 0 bridgehead atoms. The Morgan fingerprint density at radius 2 is 2.00 bits per heavy atom. The van der Waals surface area contributed by atoms with E-state index in [1.165, 1.54) is 12.1 Å². The van der Waals surface area contributed by atoms with Crippen LogP contribution in [0.3, 0.4) is 0 Å². The molecule has 6 heteroatoms. The van der Waals surface area contributed by atoms with Crippen LogP contribution < -0.4 is 4.90 Å². The van der Waals surface area contributed by atoms with Crippen molar-refractivity contribution < 1.29 is 14.1 Å². The summed E-state index contributed by atoms with van der Waals surface area (Å²) in [6.07, 6.45) is 0. The predicted molar refractivity (Wildman–Crippen MR) is 68.5 cm³/mol. The number of nitrogens with zero attached hydrogens (tertiary/aromatic N) is 1. The Balaban J connectivity index is 2.21. The summed E-state index contributed by atoms with van der Waals surface area (Å²) in [5.74, 6) is 0.284. The second-order valence-corrected chi connectivity index (χ2v) is 5.91. The number of anilines is 1. The monoisotopic (exact) mass is 273 g/mol. The number of carboxylic acid groups (broad SMARTS) is 1. The first kappa shape index (κ1) is 12.4. The van der Waals surface area contributed by atoms with E-state index in [1.54, 1.807) is 6.07 Å². The fraction of sp³-hybridized carbons (Fsp3) is 0.364. The fourth-order valence-corrected chi connectivity index (χ4v) is 3.13. The van der Waals surface area contributed by atoms with E-state index in [1.807, 2.05) is 4.90 Å². The molecule has 1 heterocycles. The predicted octanol–water partition coefficient (Wildman–Crippen LogP) is 1.61. The number of halogens is 1. The summed E-state index contributed by atoms with van der Waals surface area (Å²) < 4.78 is 11.2. The maximum atomic E-state index is 11.2. The van der Waals surface area contributed by atoms with Crippen LogP contribution in [0.1, 0.15) is 10.4 Å². The highest BCUT2D eigenvalue weighted by atomic mass is 35.5. The Kier molecular flexibility index (Phi) is 3.69. The van der Waals surface area contributed by atoms with Gasteiger partial charge in [-0.2, -0.15) is 0 Å². The third-order valence-electron chi connectivity index (χ3n) is 2.71. The lowest BCUT2D eigenvalue weighted by molar-refractivity contribution is 0.0697. The standard InChI is InChI=1S/C11H12ClNO3S/c12-9-7-8(11(14)15)1-2-10(9)13-3-5-17(16)6-4-13/h1-2,7H,3-6H2,(H,14,15). The molecule has 1 aromatic carbocycles. The molecule has 1 saturated heterocycles. The van der Waals surface area contributed by atoms with Gasteiger partial charge in [0.2, 0.25) is 0 Å². The molecule has 1 aliphatic rings. The lowest BCUT2D eigenvalue weighted by Gasteiger charge is -2.29. The molecule has 92 valence electrons. The van der Waals surface area contributed by atoms with E-state index < -0.39 is 16.8 Å². The fourth-order valence-electron chi connectivity index (χ4n) is 1.78. The Labute approximate surface area is 107 Å². The Morgan fingerprint density at radius 1 is 1.35 bits per heavy atom. The summed E-state index contributed by atoms with van der Waals surface area (Å²) in [6.45, 7) is 1.39. The average molecular weight is 274 g/mol. The van der Waals surface area contributed by atoms with E-state index >= 15 is 0 Å². The number of carbonyl (C=O) groups is 1. The molecule has 0 aromatic heterocycles. The highest BCUT2D eigenvalue weighted by Crippen LogP contribution is 2.27. The lowest BCUT2D eigenvalue weighted by atomic mass is 10.2. The van der Waals surface area contributed by atoms with E-state index in [-0.39, 0.29) is 5.56 Å². The van der Waals surface area contributed by atoms with Crippen LogP contribution in [-0.2, 0) is 10.8 Å². The second-order valence-electron chi connectivity index (χ2n) is 3.81. The van der Waals surface area contributed by atoms with Crippen LogP contribution in [-0.4, -0.2) is 39.9 Å². The molecule has 1 aromatic rings. The number of benzene rings is 1. The summed E-state index contributed by atoms with van der Waals surface area (Å²) in [5.41, 5.74) is 0.993. The maximum Gasteiger partial charge on any atom is 0.335 e. The summed E-state index contributed by atoms with van der Waals surface area (Å²) in [7, 11) is -0.732. The van der Waals surface area contributed by atoms with Crippen molar-refractivity contribution in [2.24, 2.45) is 0 Å². The largest absolute Gasteiger partial charge is 0.478 e. The van der Waals surface area contributed by atoms with Crippen LogP contribution in [0.2, 0.25) is 5.02 Å². The minimum absolute atomic E-state index is 0.180. The number of rotatable bonds is 2. The van der Waals surface area contributed by atoms with Crippen molar-refractivity contribution in [3.8, 4) is 0 Å². The van der Waals surface area contributed by atoms with Gasteiger partial charge in [0, 0.05) is 35.4 Å². The molecule has 1 aliphatic heterocycles. The van der Waals surface area contributed by atoms with Crippen LogP contribution in [0.15, 0.2) is 18.2 Å². The minimum Gasteiger partial charge on any atom is -0.478 e. The molecule has 0 saturated carbocycles. The van der Waals surface area contributed by atoms with Crippen LogP contribution >= 0.6 is 11.6 Å². The first-order valence-electron chi connectivity index (χ1n) is 5.20. The molecule has 2 rings (SSSR count). The quantitative estimate of drug-likeness (QED) is 0.889. The molecule has 0 radical (unpaired) electrons. The molecule has 17 heavy (non-hydrogen) atoms. The zero-order chi connectivity index (χ0) is 12.4. The van der Waals surface area contributed by atoms with Crippen molar-refractivity contribution in [3.63, 3.8) is 0 Å². The molecule has 1 N–H and O–H groups in total. The maximum absolute atomic E-state index is 11.2. The lowest BCUT2D eigenvalue weighted by Crippen LogP contribution is -2.37. The van der Waals surface area contributed by atoms with Crippen LogP contribution in [0.4, 0.5) is 5.69 Å². The summed E-state index contributed by atoms with van der Waals surface area (Å²) in [4.78, 5) is 12.8. The van der Waals surface area contributed by atoms with E-state index in [0.29, 0.717) is 29.6 Å². The Bertz CT molecular complexity index is 468.